The third-order valence-corrected chi connectivity index (χ3v) is 5.60. The van der Waals surface area contributed by atoms with Crippen molar-refractivity contribution < 1.29 is 9.18 Å². The summed E-state index contributed by atoms with van der Waals surface area (Å²) in [4.78, 5) is 15.5. The second kappa shape index (κ2) is 7.09. The fourth-order valence-corrected chi connectivity index (χ4v) is 4.17. The zero-order valence-corrected chi connectivity index (χ0v) is 15.3. The lowest BCUT2D eigenvalue weighted by molar-refractivity contribution is 0.0994. The molecule has 3 aromatic rings. The smallest absolute Gasteiger partial charge is 0.258 e. The van der Waals surface area contributed by atoms with E-state index in [-0.39, 0.29) is 11.7 Å². The van der Waals surface area contributed by atoms with Gasteiger partial charge in [-0.15, -0.1) is 0 Å². The zero-order chi connectivity index (χ0) is 18.1. The van der Waals surface area contributed by atoms with Gasteiger partial charge >= 0.3 is 0 Å². The van der Waals surface area contributed by atoms with Gasteiger partial charge in [-0.1, -0.05) is 24.3 Å². The number of hydrogen-bond donors (Lipinski definition) is 1. The third kappa shape index (κ3) is 2.97. The van der Waals surface area contributed by atoms with Crippen molar-refractivity contribution >= 4 is 34.3 Å². The topological polar surface area (TPSA) is 32.3 Å². The molecule has 132 valence electrons. The first kappa shape index (κ1) is 17.1. The van der Waals surface area contributed by atoms with E-state index in [4.69, 9.17) is 0 Å². The Morgan fingerprint density at radius 3 is 2.65 bits per heavy atom. The largest absolute Gasteiger partial charge is 0.308 e. The lowest BCUT2D eigenvalue weighted by atomic mass is 10.1. The summed E-state index contributed by atoms with van der Waals surface area (Å²) in [7, 11) is 0. The highest BCUT2D eigenvalue weighted by molar-refractivity contribution is 7.97. The van der Waals surface area contributed by atoms with Crippen molar-refractivity contribution in [2.45, 2.75) is 18.2 Å². The van der Waals surface area contributed by atoms with E-state index < -0.39 is 0 Å². The summed E-state index contributed by atoms with van der Waals surface area (Å²) in [5.74, 6) is -0.126. The van der Waals surface area contributed by atoms with Crippen molar-refractivity contribution in [2.24, 2.45) is 0 Å². The van der Waals surface area contributed by atoms with Gasteiger partial charge in [-0.25, -0.2) is 4.39 Å². The van der Waals surface area contributed by atoms with Crippen LogP contribution in [0.4, 0.5) is 10.1 Å². The van der Waals surface area contributed by atoms with E-state index in [1.165, 1.54) is 12.1 Å². The number of halogens is 1. The number of nitrogens with zero attached hydrogens (tertiary/aromatic N) is 1. The molecule has 3 aromatic carbocycles. The van der Waals surface area contributed by atoms with Gasteiger partial charge in [0, 0.05) is 28.9 Å². The van der Waals surface area contributed by atoms with Crippen molar-refractivity contribution in [2.75, 3.05) is 18.0 Å². The molecule has 0 atom stereocenters. The van der Waals surface area contributed by atoms with Gasteiger partial charge in [0.05, 0.1) is 5.69 Å². The first-order chi connectivity index (χ1) is 12.7. The molecule has 4 rings (SSSR count). The van der Waals surface area contributed by atoms with E-state index in [0.29, 0.717) is 6.54 Å². The van der Waals surface area contributed by atoms with Crippen LogP contribution < -0.4 is 9.62 Å². The van der Waals surface area contributed by atoms with E-state index in [0.717, 1.165) is 45.4 Å². The molecule has 0 fully saturated rings. The number of amides is 1. The number of benzene rings is 3. The predicted molar refractivity (Wildman–Crippen MR) is 105 cm³/mol. The van der Waals surface area contributed by atoms with Gasteiger partial charge < -0.3 is 4.90 Å². The Morgan fingerprint density at radius 1 is 1.08 bits per heavy atom. The molecule has 0 saturated carbocycles. The minimum Gasteiger partial charge on any atom is -0.308 e. The van der Waals surface area contributed by atoms with Crippen LogP contribution in [0.2, 0.25) is 0 Å². The first-order valence-corrected chi connectivity index (χ1v) is 9.52. The Hall–Kier alpha value is -2.37. The Balaban J connectivity index is 1.51. The molecule has 3 nitrogen and oxygen atoms in total. The Labute approximate surface area is 156 Å². The number of anilines is 1. The van der Waals surface area contributed by atoms with E-state index in [9.17, 15) is 9.18 Å². The minimum atomic E-state index is -0.209. The maximum absolute atomic E-state index is 12.9. The van der Waals surface area contributed by atoms with Crippen LogP contribution in [0.5, 0.6) is 0 Å². The number of hydrogen-bond acceptors (Lipinski definition) is 3. The van der Waals surface area contributed by atoms with Gasteiger partial charge in [-0.05, 0) is 66.6 Å². The zero-order valence-electron chi connectivity index (χ0n) is 14.5. The van der Waals surface area contributed by atoms with Gasteiger partial charge in [-0.2, -0.15) is 0 Å². The summed E-state index contributed by atoms with van der Waals surface area (Å²) in [6.07, 6.45) is 0.830. The molecule has 1 N–H and O–H groups in total. The summed E-state index contributed by atoms with van der Waals surface area (Å²) >= 11 is 1.57. The molecule has 1 aliphatic rings. The van der Waals surface area contributed by atoms with Crippen LogP contribution in [-0.4, -0.2) is 19.0 Å². The van der Waals surface area contributed by atoms with Crippen LogP contribution >= 0.6 is 11.9 Å². The molecule has 0 radical (unpaired) electrons. The molecular weight excluding hydrogens is 347 g/mol. The number of nitrogens with one attached hydrogen (secondary N) is 1. The van der Waals surface area contributed by atoms with Crippen LogP contribution in [0.1, 0.15) is 22.8 Å². The first-order valence-electron chi connectivity index (χ1n) is 8.71. The van der Waals surface area contributed by atoms with E-state index >= 15 is 0 Å². The average molecular weight is 366 g/mol. The second-order valence-electron chi connectivity index (χ2n) is 6.23. The molecule has 26 heavy (non-hydrogen) atoms. The summed E-state index contributed by atoms with van der Waals surface area (Å²) in [6.45, 7) is 3.44. The second-order valence-corrected chi connectivity index (χ2v) is 7.17. The molecule has 0 bridgehead atoms. The summed E-state index contributed by atoms with van der Waals surface area (Å²) in [5.41, 5.74) is 2.89. The van der Waals surface area contributed by atoms with E-state index in [2.05, 4.69) is 16.9 Å². The lowest BCUT2D eigenvalue weighted by Crippen LogP contribution is -2.25. The maximum atomic E-state index is 12.9. The fourth-order valence-electron chi connectivity index (χ4n) is 3.40. The maximum Gasteiger partial charge on any atom is 0.258 e. The molecule has 0 aromatic heterocycles. The summed E-state index contributed by atoms with van der Waals surface area (Å²) < 4.78 is 16.3. The highest BCUT2D eigenvalue weighted by Crippen LogP contribution is 2.40. The van der Waals surface area contributed by atoms with E-state index in [1.54, 1.807) is 11.9 Å². The summed E-state index contributed by atoms with van der Waals surface area (Å²) in [6, 6.07) is 16.6. The third-order valence-electron chi connectivity index (χ3n) is 4.67. The fraction of sp³-hybridized carbons (Fsp3) is 0.190. The summed E-state index contributed by atoms with van der Waals surface area (Å²) in [5, 5.41) is 2.15. The SMILES string of the molecule is CCN1C(=O)c2cccc3c(SNCCc4ccc(F)cc4)ccc1c23. The molecule has 1 aliphatic heterocycles. The van der Waals surface area contributed by atoms with Crippen molar-refractivity contribution in [1.82, 2.24) is 4.72 Å². The number of carbonyl (C=O) groups is 1. The molecule has 1 heterocycles. The molecule has 0 aliphatic carbocycles. The van der Waals surface area contributed by atoms with Gasteiger partial charge in [0.1, 0.15) is 5.82 Å². The van der Waals surface area contributed by atoms with Crippen molar-refractivity contribution in [3.63, 3.8) is 0 Å². The van der Waals surface area contributed by atoms with Crippen molar-refractivity contribution in [3.05, 3.63) is 71.5 Å². The molecular formula is C21H19FN2OS. The van der Waals surface area contributed by atoms with Gasteiger partial charge in [0.15, 0.2) is 0 Å². The minimum absolute atomic E-state index is 0.0829. The van der Waals surface area contributed by atoms with Crippen LogP contribution in [-0.2, 0) is 6.42 Å². The van der Waals surface area contributed by atoms with Crippen molar-refractivity contribution in [1.29, 1.82) is 0 Å². The molecule has 0 unspecified atom stereocenters. The number of carbonyl (C=O) groups excluding carboxylic acids is 1. The van der Waals surface area contributed by atoms with Gasteiger partial charge in [0.25, 0.3) is 5.91 Å². The van der Waals surface area contributed by atoms with Crippen LogP contribution in [0.3, 0.4) is 0 Å². The van der Waals surface area contributed by atoms with Crippen molar-refractivity contribution in [3.8, 4) is 0 Å². The molecule has 0 spiro atoms. The molecule has 0 saturated heterocycles. The van der Waals surface area contributed by atoms with Crippen LogP contribution in [0.25, 0.3) is 10.8 Å². The molecule has 1 amide bonds. The predicted octanol–water partition coefficient (Wildman–Crippen LogP) is 4.80. The highest BCUT2D eigenvalue weighted by Gasteiger charge is 2.29. The van der Waals surface area contributed by atoms with Crippen LogP contribution in [0.15, 0.2) is 59.5 Å². The standard InChI is InChI=1S/C21H19FN2OS/c1-2-24-18-10-11-19(16-4-3-5-17(20(16)18)21(24)25)26-23-13-12-14-6-8-15(22)9-7-14/h3-11,23H,2,12-13H2,1H3. The lowest BCUT2D eigenvalue weighted by Gasteiger charge is -2.15. The quantitative estimate of drug-likeness (QED) is 0.502. The highest BCUT2D eigenvalue weighted by atomic mass is 32.2. The molecule has 5 heteroatoms. The average Bonchev–Trinajstić information content (AvgIpc) is 2.95. The monoisotopic (exact) mass is 366 g/mol. The van der Waals surface area contributed by atoms with Gasteiger partial charge in [0.2, 0.25) is 0 Å². The Bertz CT molecular complexity index is 972. The number of rotatable bonds is 6. The Kier molecular flexibility index (Phi) is 4.66. The van der Waals surface area contributed by atoms with Crippen LogP contribution in [0, 0.1) is 5.82 Å². The van der Waals surface area contributed by atoms with E-state index in [1.807, 2.05) is 42.2 Å². The Morgan fingerprint density at radius 2 is 1.88 bits per heavy atom. The van der Waals surface area contributed by atoms with Gasteiger partial charge in [-0.3, -0.25) is 9.52 Å². The normalized spacial score (nSPS) is 13.0.